The molecular formula is C22H20O3S. The molecule has 0 atom stereocenters. The fourth-order valence-electron chi connectivity index (χ4n) is 2.74. The topological polar surface area (TPSA) is 46.5 Å². The van der Waals surface area contributed by atoms with Crippen molar-refractivity contribution in [2.24, 2.45) is 0 Å². The molecule has 0 saturated heterocycles. The molecule has 3 rings (SSSR count). The number of esters is 1. The minimum Gasteiger partial charge on any atom is -0.458 e. The van der Waals surface area contributed by atoms with Gasteiger partial charge in [0, 0.05) is 4.90 Å². The third-order valence-electron chi connectivity index (χ3n) is 4.21. The molecule has 4 heteroatoms. The van der Waals surface area contributed by atoms with Gasteiger partial charge in [-0.25, -0.2) is 4.79 Å². The van der Waals surface area contributed by atoms with E-state index in [1.807, 2.05) is 42.7 Å². The predicted molar refractivity (Wildman–Crippen MR) is 104 cm³/mol. The minimum atomic E-state index is -1.85. The first-order chi connectivity index (χ1) is 12.6. The number of thioether (sulfide) groups is 1. The molecule has 0 unspecified atom stereocenters. The molecule has 3 aromatic carbocycles. The van der Waals surface area contributed by atoms with Crippen LogP contribution in [0.5, 0.6) is 0 Å². The van der Waals surface area contributed by atoms with E-state index in [4.69, 9.17) is 4.74 Å². The van der Waals surface area contributed by atoms with Crippen LogP contribution in [0.3, 0.4) is 0 Å². The summed E-state index contributed by atoms with van der Waals surface area (Å²) >= 11 is 1.65. The Bertz CT molecular complexity index is 806. The summed E-state index contributed by atoms with van der Waals surface area (Å²) < 4.78 is 5.48. The molecule has 1 N–H and O–H groups in total. The van der Waals surface area contributed by atoms with Gasteiger partial charge in [0.1, 0.15) is 6.61 Å². The van der Waals surface area contributed by atoms with E-state index in [1.165, 1.54) is 0 Å². The quantitative estimate of drug-likeness (QED) is 0.521. The Morgan fingerprint density at radius 3 is 1.85 bits per heavy atom. The Hall–Kier alpha value is -2.56. The largest absolute Gasteiger partial charge is 0.458 e. The first kappa shape index (κ1) is 18.2. The highest BCUT2D eigenvalue weighted by Crippen LogP contribution is 2.31. The van der Waals surface area contributed by atoms with E-state index in [2.05, 4.69) is 0 Å². The van der Waals surface area contributed by atoms with Crippen LogP contribution in [-0.2, 0) is 21.7 Å². The van der Waals surface area contributed by atoms with E-state index >= 15 is 0 Å². The number of hydrogen-bond acceptors (Lipinski definition) is 4. The molecule has 0 fully saturated rings. The number of ether oxygens (including phenoxy) is 1. The van der Waals surface area contributed by atoms with Crippen LogP contribution in [0.1, 0.15) is 16.7 Å². The van der Waals surface area contributed by atoms with Gasteiger partial charge < -0.3 is 9.84 Å². The van der Waals surface area contributed by atoms with Crippen molar-refractivity contribution in [1.29, 1.82) is 0 Å². The summed E-state index contributed by atoms with van der Waals surface area (Å²) in [4.78, 5) is 14.0. The Labute approximate surface area is 157 Å². The van der Waals surface area contributed by atoms with Gasteiger partial charge in [0.05, 0.1) is 0 Å². The average molecular weight is 364 g/mol. The smallest absolute Gasteiger partial charge is 0.348 e. The van der Waals surface area contributed by atoms with Gasteiger partial charge in [0.15, 0.2) is 0 Å². The summed E-state index contributed by atoms with van der Waals surface area (Å²) in [5.41, 5.74) is -0.00987. The lowest BCUT2D eigenvalue weighted by Crippen LogP contribution is -2.38. The summed E-state index contributed by atoms with van der Waals surface area (Å²) in [6, 6.07) is 25.5. The Morgan fingerprint density at radius 2 is 1.38 bits per heavy atom. The van der Waals surface area contributed by atoms with E-state index in [-0.39, 0.29) is 6.61 Å². The summed E-state index contributed by atoms with van der Waals surface area (Å²) in [5, 5.41) is 11.3. The van der Waals surface area contributed by atoms with Crippen molar-refractivity contribution in [3.63, 3.8) is 0 Å². The summed E-state index contributed by atoms with van der Waals surface area (Å²) in [6.07, 6.45) is 2.01. The number of carbonyl (C=O) groups is 1. The van der Waals surface area contributed by atoms with Crippen molar-refractivity contribution < 1.29 is 14.6 Å². The SMILES string of the molecule is CSc1ccc(COC(=O)C(O)(c2ccccc2)c2ccccc2)cc1. The number of rotatable bonds is 6. The first-order valence-corrected chi connectivity index (χ1v) is 9.50. The van der Waals surface area contributed by atoms with Crippen LogP contribution >= 0.6 is 11.8 Å². The van der Waals surface area contributed by atoms with Crippen LogP contribution < -0.4 is 0 Å². The fraction of sp³-hybridized carbons (Fsp3) is 0.136. The summed E-state index contributed by atoms with van der Waals surface area (Å²) in [6.45, 7) is 0.107. The van der Waals surface area contributed by atoms with Crippen molar-refractivity contribution in [1.82, 2.24) is 0 Å². The Morgan fingerprint density at radius 1 is 0.885 bits per heavy atom. The lowest BCUT2D eigenvalue weighted by atomic mass is 9.86. The maximum absolute atomic E-state index is 12.9. The highest BCUT2D eigenvalue weighted by molar-refractivity contribution is 7.98. The molecule has 3 aromatic rings. The molecule has 0 radical (unpaired) electrons. The van der Waals surface area contributed by atoms with Crippen LogP contribution in [0.15, 0.2) is 89.8 Å². The molecule has 0 spiro atoms. The van der Waals surface area contributed by atoms with Gasteiger partial charge in [0.2, 0.25) is 5.60 Å². The summed E-state index contributed by atoms with van der Waals surface area (Å²) in [5.74, 6) is -0.691. The van der Waals surface area contributed by atoms with E-state index in [9.17, 15) is 9.90 Å². The van der Waals surface area contributed by atoms with E-state index in [0.29, 0.717) is 11.1 Å². The van der Waals surface area contributed by atoms with Gasteiger partial charge in [-0.15, -0.1) is 11.8 Å². The van der Waals surface area contributed by atoms with E-state index in [0.717, 1.165) is 10.5 Å². The zero-order chi connectivity index (χ0) is 18.4. The van der Waals surface area contributed by atoms with E-state index < -0.39 is 11.6 Å². The fourth-order valence-corrected chi connectivity index (χ4v) is 3.14. The lowest BCUT2D eigenvalue weighted by molar-refractivity contribution is -0.163. The van der Waals surface area contributed by atoms with Crippen LogP contribution in [0.4, 0.5) is 0 Å². The molecule has 0 saturated carbocycles. The maximum Gasteiger partial charge on any atom is 0.348 e. The van der Waals surface area contributed by atoms with Crippen molar-refractivity contribution in [2.45, 2.75) is 17.1 Å². The third-order valence-corrected chi connectivity index (χ3v) is 4.95. The van der Waals surface area contributed by atoms with Crippen LogP contribution in [-0.4, -0.2) is 17.3 Å². The molecule has 0 amide bonds. The van der Waals surface area contributed by atoms with Gasteiger partial charge in [-0.1, -0.05) is 72.8 Å². The first-order valence-electron chi connectivity index (χ1n) is 8.28. The second kappa shape index (κ2) is 8.21. The normalized spacial score (nSPS) is 11.2. The van der Waals surface area contributed by atoms with Gasteiger partial charge in [-0.2, -0.15) is 0 Å². The summed E-state index contributed by atoms with van der Waals surface area (Å²) in [7, 11) is 0. The van der Waals surface area contributed by atoms with Gasteiger partial charge in [-0.3, -0.25) is 0 Å². The molecule has 26 heavy (non-hydrogen) atoms. The predicted octanol–water partition coefficient (Wildman–Crippen LogP) is 4.39. The van der Waals surface area contributed by atoms with Crippen LogP contribution in [0.25, 0.3) is 0 Å². The minimum absolute atomic E-state index is 0.107. The van der Waals surface area contributed by atoms with E-state index in [1.54, 1.807) is 60.3 Å². The zero-order valence-electron chi connectivity index (χ0n) is 14.5. The van der Waals surface area contributed by atoms with Gasteiger partial charge in [-0.05, 0) is 35.1 Å². The second-order valence-corrected chi connectivity index (χ2v) is 6.75. The standard InChI is InChI=1S/C22H20O3S/c1-26-20-14-12-17(13-15-20)16-25-21(23)22(24,18-8-4-2-5-9-18)19-10-6-3-7-11-19/h2-15,24H,16H2,1H3. The lowest BCUT2D eigenvalue weighted by Gasteiger charge is -2.27. The molecule has 0 aliphatic heterocycles. The van der Waals surface area contributed by atoms with Crippen molar-refractivity contribution in [3.05, 3.63) is 102 Å². The molecule has 0 aromatic heterocycles. The highest BCUT2D eigenvalue weighted by Gasteiger charge is 2.41. The van der Waals surface area contributed by atoms with Crippen LogP contribution in [0, 0.1) is 0 Å². The number of carbonyl (C=O) groups excluding carboxylic acids is 1. The van der Waals surface area contributed by atoms with Crippen molar-refractivity contribution in [3.8, 4) is 0 Å². The molecule has 0 bridgehead atoms. The second-order valence-electron chi connectivity index (χ2n) is 5.87. The molecule has 3 nitrogen and oxygen atoms in total. The Balaban J connectivity index is 1.86. The molecular weight excluding hydrogens is 344 g/mol. The number of benzene rings is 3. The molecule has 0 aliphatic carbocycles. The number of hydrogen-bond donors (Lipinski definition) is 1. The molecule has 0 heterocycles. The average Bonchev–Trinajstić information content (AvgIpc) is 2.73. The maximum atomic E-state index is 12.9. The third kappa shape index (κ3) is 3.82. The van der Waals surface area contributed by atoms with Crippen molar-refractivity contribution in [2.75, 3.05) is 6.26 Å². The number of aliphatic hydroxyl groups is 1. The zero-order valence-corrected chi connectivity index (χ0v) is 15.3. The molecule has 132 valence electrons. The van der Waals surface area contributed by atoms with Gasteiger partial charge >= 0.3 is 5.97 Å². The Kier molecular flexibility index (Phi) is 5.76. The van der Waals surface area contributed by atoms with Gasteiger partial charge in [0.25, 0.3) is 0 Å². The van der Waals surface area contributed by atoms with Crippen LogP contribution in [0.2, 0.25) is 0 Å². The molecule has 0 aliphatic rings. The van der Waals surface area contributed by atoms with Crippen molar-refractivity contribution >= 4 is 17.7 Å². The monoisotopic (exact) mass is 364 g/mol. The highest BCUT2D eigenvalue weighted by atomic mass is 32.2.